The summed E-state index contributed by atoms with van der Waals surface area (Å²) in [6, 6.07) is 13.0. The van der Waals surface area contributed by atoms with Crippen LogP contribution in [0, 0.1) is 0 Å². The van der Waals surface area contributed by atoms with Crippen molar-refractivity contribution in [2.45, 2.75) is 43.5 Å². The second kappa shape index (κ2) is 11.3. The van der Waals surface area contributed by atoms with Gasteiger partial charge in [0.1, 0.15) is 6.04 Å². The molecule has 0 aliphatic carbocycles. The molecular formula is C24H29BrN2O5S. The summed E-state index contributed by atoms with van der Waals surface area (Å²) in [7, 11) is -2.86. The Bertz CT molecular complexity index is 1070. The molecule has 2 aromatic carbocycles. The summed E-state index contributed by atoms with van der Waals surface area (Å²) >= 11 is 3.40. The second-order valence-corrected chi connectivity index (χ2v) is 10.8. The number of amides is 1. The Labute approximate surface area is 203 Å². The van der Waals surface area contributed by atoms with Gasteiger partial charge in [-0.15, -0.1) is 0 Å². The van der Waals surface area contributed by atoms with Crippen LogP contribution in [0.15, 0.2) is 57.9 Å². The molecule has 1 heterocycles. The summed E-state index contributed by atoms with van der Waals surface area (Å²) in [5, 5.41) is 0. The number of sulfonamides is 1. The maximum atomic E-state index is 13.4. The quantitative estimate of drug-likeness (QED) is 0.356. The van der Waals surface area contributed by atoms with Crippen LogP contribution >= 0.6 is 15.9 Å². The molecule has 0 aromatic heterocycles. The molecule has 0 bridgehead atoms. The maximum Gasteiger partial charge on any atom is 0.326 e. The van der Waals surface area contributed by atoms with Crippen LogP contribution < -0.4 is 0 Å². The number of nitrogens with zero attached hydrogens (tertiary/aromatic N) is 2. The van der Waals surface area contributed by atoms with Gasteiger partial charge in [0.2, 0.25) is 15.9 Å². The summed E-state index contributed by atoms with van der Waals surface area (Å²) in [5.41, 5.74) is 1.81. The normalized spacial score (nSPS) is 17.2. The van der Waals surface area contributed by atoms with Crippen molar-refractivity contribution < 1.29 is 22.7 Å². The Morgan fingerprint density at radius 3 is 2.21 bits per heavy atom. The van der Waals surface area contributed by atoms with E-state index in [4.69, 9.17) is 4.74 Å². The fourth-order valence-corrected chi connectivity index (χ4v) is 5.65. The lowest BCUT2D eigenvalue weighted by atomic mass is 10.1. The lowest BCUT2D eigenvalue weighted by molar-refractivity contribution is -0.151. The lowest BCUT2D eigenvalue weighted by Gasteiger charge is -2.38. The zero-order valence-corrected chi connectivity index (χ0v) is 21.3. The Morgan fingerprint density at radius 2 is 1.64 bits per heavy atom. The molecule has 1 amide bonds. The number of benzene rings is 2. The Balaban J connectivity index is 1.82. The molecule has 1 fully saturated rings. The fourth-order valence-electron chi connectivity index (χ4n) is 3.87. The number of methoxy groups -OCH3 is 1. The SMILES string of the molecule is CCCCCCN1CC(C(=O)OC)N(S(=O)(=O)c2ccc(-c3ccc(Br)cc3)cc2)CC1=O. The van der Waals surface area contributed by atoms with Crippen LogP contribution in [0.25, 0.3) is 11.1 Å². The van der Waals surface area contributed by atoms with Crippen molar-refractivity contribution in [2.75, 3.05) is 26.7 Å². The number of ether oxygens (including phenoxy) is 1. The Hall–Kier alpha value is -2.23. The van der Waals surface area contributed by atoms with E-state index in [9.17, 15) is 18.0 Å². The molecule has 1 saturated heterocycles. The van der Waals surface area contributed by atoms with Gasteiger partial charge in [-0.3, -0.25) is 9.59 Å². The third kappa shape index (κ3) is 6.02. The average Bonchev–Trinajstić information content (AvgIpc) is 2.82. The van der Waals surface area contributed by atoms with E-state index >= 15 is 0 Å². The van der Waals surface area contributed by atoms with Crippen LogP contribution in [0.5, 0.6) is 0 Å². The zero-order valence-electron chi connectivity index (χ0n) is 18.9. The molecule has 2 aromatic rings. The summed E-state index contributed by atoms with van der Waals surface area (Å²) in [5.74, 6) is -0.974. The Morgan fingerprint density at radius 1 is 1.03 bits per heavy atom. The van der Waals surface area contributed by atoms with Gasteiger partial charge in [-0.2, -0.15) is 4.31 Å². The third-order valence-electron chi connectivity index (χ3n) is 5.78. The van der Waals surface area contributed by atoms with Crippen molar-refractivity contribution in [3.8, 4) is 11.1 Å². The molecular weight excluding hydrogens is 508 g/mol. The highest BCUT2D eigenvalue weighted by molar-refractivity contribution is 9.10. The van der Waals surface area contributed by atoms with Crippen LogP contribution in [-0.4, -0.2) is 62.3 Å². The van der Waals surface area contributed by atoms with Crippen molar-refractivity contribution in [1.29, 1.82) is 0 Å². The minimum absolute atomic E-state index is 0.00611. The number of halogens is 1. The van der Waals surface area contributed by atoms with Gasteiger partial charge >= 0.3 is 5.97 Å². The van der Waals surface area contributed by atoms with E-state index in [1.165, 1.54) is 19.2 Å². The first-order valence-corrected chi connectivity index (χ1v) is 13.2. The van der Waals surface area contributed by atoms with Crippen molar-refractivity contribution in [1.82, 2.24) is 9.21 Å². The highest BCUT2D eigenvalue weighted by atomic mass is 79.9. The number of hydrogen-bond acceptors (Lipinski definition) is 5. The molecule has 0 spiro atoms. The molecule has 178 valence electrons. The maximum absolute atomic E-state index is 13.4. The average molecular weight is 537 g/mol. The third-order valence-corrected chi connectivity index (χ3v) is 8.18. The first-order chi connectivity index (χ1) is 15.8. The molecule has 1 aliphatic heterocycles. The molecule has 1 aliphatic rings. The highest BCUT2D eigenvalue weighted by Gasteiger charge is 2.43. The molecule has 0 radical (unpaired) electrons. The first-order valence-electron chi connectivity index (χ1n) is 11.0. The van der Waals surface area contributed by atoms with E-state index in [-0.39, 0.29) is 23.9 Å². The number of carbonyl (C=O) groups excluding carboxylic acids is 2. The molecule has 3 rings (SSSR count). The monoisotopic (exact) mass is 536 g/mol. The van der Waals surface area contributed by atoms with E-state index < -0.39 is 22.0 Å². The molecule has 1 atom stereocenters. The minimum Gasteiger partial charge on any atom is -0.468 e. The van der Waals surface area contributed by atoms with Gasteiger partial charge in [-0.1, -0.05) is 66.4 Å². The lowest BCUT2D eigenvalue weighted by Crippen LogP contribution is -2.60. The topological polar surface area (TPSA) is 84.0 Å². The van der Waals surface area contributed by atoms with Gasteiger partial charge < -0.3 is 9.64 Å². The van der Waals surface area contributed by atoms with E-state index in [0.29, 0.717) is 6.54 Å². The molecule has 1 unspecified atom stereocenters. The molecule has 33 heavy (non-hydrogen) atoms. The molecule has 0 saturated carbocycles. The summed E-state index contributed by atoms with van der Waals surface area (Å²) < 4.78 is 33.6. The van der Waals surface area contributed by atoms with Gasteiger partial charge in [0, 0.05) is 17.6 Å². The number of hydrogen-bond donors (Lipinski definition) is 0. The summed E-state index contributed by atoms with van der Waals surface area (Å²) in [6.45, 7) is 2.22. The van der Waals surface area contributed by atoms with Crippen molar-refractivity contribution in [3.63, 3.8) is 0 Å². The van der Waals surface area contributed by atoms with Crippen molar-refractivity contribution in [3.05, 3.63) is 53.0 Å². The van der Waals surface area contributed by atoms with Crippen LogP contribution in [0.1, 0.15) is 32.6 Å². The Kier molecular flexibility index (Phi) is 8.67. The molecule has 9 heteroatoms. The predicted octanol–water partition coefficient (Wildman–Crippen LogP) is 4.07. The van der Waals surface area contributed by atoms with Gasteiger partial charge in [0.15, 0.2) is 0 Å². The summed E-state index contributed by atoms with van der Waals surface area (Å²) in [4.78, 5) is 26.8. The van der Waals surface area contributed by atoms with Crippen LogP contribution in [0.2, 0.25) is 0 Å². The predicted molar refractivity (Wildman–Crippen MR) is 130 cm³/mol. The standard InChI is InChI=1S/C24H29BrN2O5S/c1-3-4-5-6-15-26-16-22(24(29)32-2)27(17-23(26)28)33(30,31)21-13-9-19(10-14-21)18-7-11-20(25)12-8-18/h7-14,22H,3-6,15-17H2,1-2H3. The van der Waals surface area contributed by atoms with E-state index in [1.54, 1.807) is 17.0 Å². The van der Waals surface area contributed by atoms with Crippen LogP contribution in [0.4, 0.5) is 0 Å². The van der Waals surface area contributed by atoms with Gasteiger partial charge in [0.25, 0.3) is 0 Å². The number of carbonyl (C=O) groups is 2. The first kappa shape index (κ1) is 25.4. The second-order valence-electron chi connectivity index (χ2n) is 8.02. The van der Waals surface area contributed by atoms with E-state index in [2.05, 4.69) is 22.9 Å². The number of rotatable bonds is 9. The zero-order chi connectivity index (χ0) is 24.0. The fraction of sp³-hybridized carbons (Fsp3) is 0.417. The van der Waals surface area contributed by atoms with Crippen molar-refractivity contribution in [2.24, 2.45) is 0 Å². The molecule has 7 nitrogen and oxygen atoms in total. The largest absolute Gasteiger partial charge is 0.468 e. The van der Waals surface area contributed by atoms with E-state index in [1.807, 2.05) is 24.3 Å². The van der Waals surface area contributed by atoms with Crippen LogP contribution in [-0.2, 0) is 24.3 Å². The van der Waals surface area contributed by atoms with Crippen LogP contribution in [0.3, 0.4) is 0 Å². The molecule has 0 N–H and O–H groups in total. The number of piperazine rings is 1. The van der Waals surface area contributed by atoms with E-state index in [0.717, 1.165) is 45.6 Å². The van der Waals surface area contributed by atoms with Crippen molar-refractivity contribution >= 4 is 37.8 Å². The number of unbranched alkanes of at least 4 members (excludes halogenated alkanes) is 3. The minimum atomic E-state index is -4.08. The highest BCUT2D eigenvalue weighted by Crippen LogP contribution is 2.27. The van der Waals surface area contributed by atoms with Gasteiger partial charge in [0.05, 0.1) is 18.6 Å². The van der Waals surface area contributed by atoms with Gasteiger partial charge in [-0.25, -0.2) is 8.42 Å². The van der Waals surface area contributed by atoms with Gasteiger partial charge in [-0.05, 0) is 41.8 Å². The smallest absolute Gasteiger partial charge is 0.326 e. The summed E-state index contributed by atoms with van der Waals surface area (Å²) in [6.07, 6.45) is 3.94. The number of esters is 1.